The van der Waals surface area contributed by atoms with Gasteiger partial charge in [0, 0.05) is 23.9 Å². The third kappa shape index (κ3) is 8.96. The van der Waals surface area contributed by atoms with Crippen LogP contribution in [0, 0.1) is 23.2 Å². The van der Waals surface area contributed by atoms with Crippen LogP contribution in [0.15, 0.2) is 18.2 Å². The molecule has 1 aromatic carbocycles. The van der Waals surface area contributed by atoms with Crippen LogP contribution >= 0.6 is 11.6 Å². The zero-order valence-electron chi connectivity index (χ0n) is 21.8. The van der Waals surface area contributed by atoms with Crippen LogP contribution in [0.1, 0.15) is 56.4 Å². The lowest BCUT2D eigenvalue weighted by molar-refractivity contribution is -0.138. The highest BCUT2D eigenvalue weighted by Gasteiger charge is 2.36. The number of carbonyl (C=O) groups is 1. The first-order valence-electron chi connectivity index (χ1n) is 12.3. The van der Waals surface area contributed by atoms with Crippen molar-refractivity contribution in [1.29, 1.82) is 5.26 Å². The molecule has 0 radical (unpaired) electrons. The van der Waals surface area contributed by atoms with E-state index < -0.39 is 29.7 Å². The molecule has 1 saturated carbocycles. The number of rotatable bonds is 9. The summed E-state index contributed by atoms with van der Waals surface area (Å²) in [4.78, 5) is 13.0. The van der Waals surface area contributed by atoms with Gasteiger partial charge in [-0.2, -0.15) is 31.9 Å². The fourth-order valence-electron chi connectivity index (χ4n) is 4.32. The third-order valence-electron chi connectivity index (χ3n) is 6.56. The Bertz CT molecular complexity index is 1200. The summed E-state index contributed by atoms with van der Waals surface area (Å²) in [6.45, 7) is 3.96. The second kappa shape index (κ2) is 14.9. The van der Waals surface area contributed by atoms with E-state index >= 15 is 0 Å². The summed E-state index contributed by atoms with van der Waals surface area (Å²) in [5, 5.41) is 18.9. The number of hydrogen-bond donors (Lipinski definition) is 2. The smallest absolute Gasteiger partial charge is 0.408 e. The van der Waals surface area contributed by atoms with Crippen LogP contribution < -0.4 is 15.4 Å². The molecular formula is C25H31ClF3N5O4S. The molecule has 3 rings (SSSR count). The van der Waals surface area contributed by atoms with Gasteiger partial charge in [-0.1, -0.05) is 31.4 Å². The first kappa shape index (κ1) is 32.1. The average molecular weight is 590 g/mol. The van der Waals surface area contributed by atoms with Crippen LogP contribution in [0.25, 0.3) is 11.3 Å². The topological polar surface area (TPSA) is 126 Å². The minimum absolute atomic E-state index is 0.0312. The number of nitriles is 1. The Morgan fingerprint density at radius 1 is 1.31 bits per heavy atom. The number of aromatic nitrogens is 2. The zero-order valence-corrected chi connectivity index (χ0v) is 23.4. The van der Waals surface area contributed by atoms with Gasteiger partial charge in [0.1, 0.15) is 11.8 Å². The number of alkyl halides is 3. The lowest BCUT2D eigenvalue weighted by Gasteiger charge is -2.26. The molecule has 0 aliphatic heterocycles. The van der Waals surface area contributed by atoms with E-state index in [0.29, 0.717) is 29.6 Å². The first-order valence-corrected chi connectivity index (χ1v) is 13.4. The summed E-state index contributed by atoms with van der Waals surface area (Å²) in [6, 6.07) is 4.74. The van der Waals surface area contributed by atoms with Gasteiger partial charge in [-0.05, 0) is 43.7 Å². The average Bonchev–Trinajstić information content (AvgIpc) is 3.22. The Kier molecular flexibility index (Phi) is 12.3. The van der Waals surface area contributed by atoms with Crippen LogP contribution in [0.3, 0.4) is 0 Å². The molecule has 0 spiro atoms. The Morgan fingerprint density at radius 3 is 2.51 bits per heavy atom. The van der Waals surface area contributed by atoms with Crippen molar-refractivity contribution in [2.24, 2.45) is 11.8 Å². The van der Waals surface area contributed by atoms with Crippen molar-refractivity contribution in [2.45, 2.75) is 64.7 Å². The summed E-state index contributed by atoms with van der Waals surface area (Å²) < 4.78 is 62.4. The maximum atomic E-state index is 13.0. The quantitative estimate of drug-likeness (QED) is 0.402. The van der Waals surface area contributed by atoms with Gasteiger partial charge in [0.2, 0.25) is 0 Å². The van der Waals surface area contributed by atoms with Gasteiger partial charge in [0.25, 0.3) is 5.91 Å². The van der Waals surface area contributed by atoms with Gasteiger partial charge >= 0.3 is 17.7 Å². The van der Waals surface area contributed by atoms with Crippen LogP contribution in [0.5, 0.6) is 5.75 Å². The highest BCUT2D eigenvalue weighted by Crippen LogP contribution is 2.39. The molecule has 1 fully saturated rings. The number of amides is 1. The molecule has 39 heavy (non-hydrogen) atoms. The van der Waals surface area contributed by atoms with Gasteiger partial charge in [-0.15, -0.1) is 0 Å². The summed E-state index contributed by atoms with van der Waals surface area (Å²) in [6.07, 6.45) is 0.102. The Hall–Kier alpha value is -3.11. The number of nitrogens with one attached hydrogen (secondary N) is 2. The Balaban J connectivity index is 0.00000170. The highest BCUT2D eigenvalue weighted by molar-refractivity contribution is 7.51. The van der Waals surface area contributed by atoms with Crippen LogP contribution in [-0.4, -0.2) is 50.0 Å². The summed E-state index contributed by atoms with van der Waals surface area (Å²) in [5.74, 6) is 0.950. The van der Waals surface area contributed by atoms with Gasteiger partial charge in [0.05, 0.1) is 36.9 Å². The third-order valence-corrected chi connectivity index (χ3v) is 6.92. The second-order valence-corrected chi connectivity index (χ2v) is 9.88. The van der Waals surface area contributed by atoms with Gasteiger partial charge in [-0.25, -0.2) is 0 Å². The van der Waals surface area contributed by atoms with Crippen molar-refractivity contribution in [1.82, 2.24) is 15.1 Å². The number of hydrogen-bond acceptors (Lipinski definition) is 7. The molecule has 9 nitrogen and oxygen atoms in total. The largest absolute Gasteiger partial charge is 0.496 e. The number of nitrogens with zero attached hydrogens (tertiary/aromatic N) is 3. The lowest BCUT2D eigenvalue weighted by Crippen LogP contribution is -2.33. The van der Waals surface area contributed by atoms with Crippen molar-refractivity contribution in [3.8, 4) is 23.1 Å². The molecule has 0 saturated heterocycles. The van der Waals surface area contributed by atoms with E-state index in [1.54, 1.807) is 6.07 Å². The van der Waals surface area contributed by atoms with Crippen LogP contribution in [-0.2, 0) is 18.1 Å². The fraction of sp³-hybridized carbons (Fsp3) is 0.560. The fourth-order valence-corrected chi connectivity index (χ4v) is 4.65. The van der Waals surface area contributed by atoms with Crippen molar-refractivity contribution < 1.29 is 31.1 Å². The van der Waals surface area contributed by atoms with E-state index in [0.717, 1.165) is 32.6 Å². The van der Waals surface area contributed by atoms with E-state index in [-0.39, 0.29) is 35.1 Å². The zero-order chi connectivity index (χ0) is 29.2. The predicted molar refractivity (Wildman–Crippen MR) is 141 cm³/mol. The molecule has 0 unspecified atom stereocenters. The summed E-state index contributed by atoms with van der Waals surface area (Å²) >= 11 is 5.89. The minimum Gasteiger partial charge on any atom is -0.496 e. The number of ether oxygens (including phenoxy) is 1. The maximum Gasteiger partial charge on any atom is 0.408 e. The molecule has 0 bridgehead atoms. The number of carbonyl (C=O) groups excluding carboxylic acids is 1. The molecule has 214 valence electrons. The molecule has 1 heterocycles. The van der Waals surface area contributed by atoms with Gasteiger partial charge < -0.3 is 15.4 Å². The molecule has 2 aromatic rings. The van der Waals surface area contributed by atoms with Crippen molar-refractivity contribution >= 4 is 34.8 Å². The van der Waals surface area contributed by atoms with Crippen molar-refractivity contribution in [3.63, 3.8) is 0 Å². The predicted octanol–water partition coefficient (Wildman–Crippen LogP) is 5.37. The standard InChI is InChI=1S/C25H31ClF3N5O2.O2S/c1-15-5-7-17(8-6-15)14-31-24(35)22-21(26)23(34(33-22)12-4-11-30)19-10-9-18(13-20(19)36-3)32-16(2)25(27,28)29;1-3-2/h9-10,13,15-17,32H,4-8,12,14H2,1-3H3,(H,31,35);/t15?,16-,17?;/m1./s1. The van der Waals surface area contributed by atoms with E-state index in [9.17, 15) is 18.0 Å². The first-order chi connectivity index (χ1) is 18.5. The number of methoxy groups -OCH3 is 1. The Morgan fingerprint density at radius 2 is 1.95 bits per heavy atom. The number of anilines is 1. The number of aryl methyl sites for hydroxylation is 1. The van der Waals surface area contributed by atoms with E-state index in [2.05, 4.69) is 22.7 Å². The SMILES string of the molecule is COc1cc(N[C@H](C)C(F)(F)F)ccc1-c1c(Cl)c(C(=O)NCC2CCC(C)CC2)nn1CCC#N.O=S=O. The van der Waals surface area contributed by atoms with Gasteiger partial charge in [0.15, 0.2) is 5.69 Å². The van der Waals surface area contributed by atoms with E-state index in [1.165, 1.54) is 23.9 Å². The molecule has 1 amide bonds. The molecule has 2 N–H and O–H groups in total. The number of halogens is 4. The van der Waals surface area contributed by atoms with Gasteiger partial charge in [-0.3, -0.25) is 9.48 Å². The monoisotopic (exact) mass is 589 g/mol. The molecule has 1 atom stereocenters. The molecule has 1 aliphatic rings. The van der Waals surface area contributed by atoms with Crippen molar-refractivity contribution in [2.75, 3.05) is 19.0 Å². The second-order valence-electron chi connectivity index (χ2n) is 9.37. The molecule has 1 aliphatic carbocycles. The van der Waals surface area contributed by atoms with E-state index in [4.69, 9.17) is 30.0 Å². The lowest BCUT2D eigenvalue weighted by atomic mass is 9.83. The number of benzene rings is 1. The molecule has 14 heteroatoms. The molecule has 1 aromatic heterocycles. The maximum absolute atomic E-state index is 13.0. The van der Waals surface area contributed by atoms with E-state index in [1.807, 2.05) is 6.07 Å². The summed E-state index contributed by atoms with van der Waals surface area (Å²) in [7, 11) is 1.39. The molecular weight excluding hydrogens is 559 g/mol. The van der Waals surface area contributed by atoms with Crippen LogP contribution in [0.2, 0.25) is 5.02 Å². The normalized spacial score (nSPS) is 17.7. The minimum atomic E-state index is -4.41. The van der Waals surface area contributed by atoms with Crippen molar-refractivity contribution in [3.05, 3.63) is 28.9 Å². The Labute approximate surface area is 233 Å². The highest BCUT2D eigenvalue weighted by atomic mass is 35.5. The van der Waals surface area contributed by atoms with Crippen LogP contribution in [0.4, 0.5) is 18.9 Å². The summed E-state index contributed by atoms with van der Waals surface area (Å²) in [5.41, 5.74) is 1.04.